The molecular formula is C10H11FO2S. The highest BCUT2D eigenvalue weighted by atomic mass is 32.2. The normalized spacial score (nSPS) is 11.2. The summed E-state index contributed by atoms with van der Waals surface area (Å²) in [5, 5.41) is 0. The quantitative estimate of drug-likeness (QED) is 0.718. The van der Waals surface area contributed by atoms with E-state index in [9.17, 15) is 12.8 Å². The highest BCUT2D eigenvalue weighted by molar-refractivity contribution is 7.90. The first-order valence-corrected chi connectivity index (χ1v) is 5.91. The van der Waals surface area contributed by atoms with Gasteiger partial charge in [0.1, 0.15) is 5.82 Å². The Morgan fingerprint density at radius 1 is 1.29 bits per heavy atom. The monoisotopic (exact) mass is 214 g/mol. The second kappa shape index (κ2) is 4.37. The van der Waals surface area contributed by atoms with E-state index in [0.717, 1.165) is 0 Å². The predicted molar refractivity (Wildman–Crippen MR) is 54.1 cm³/mol. The minimum Gasteiger partial charge on any atom is -0.228 e. The van der Waals surface area contributed by atoms with Crippen molar-refractivity contribution < 1.29 is 12.8 Å². The van der Waals surface area contributed by atoms with E-state index in [-0.39, 0.29) is 17.3 Å². The van der Waals surface area contributed by atoms with Crippen LogP contribution in [-0.4, -0.2) is 14.2 Å². The van der Waals surface area contributed by atoms with Crippen molar-refractivity contribution in [2.24, 2.45) is 0 Å². The maximum atomic E-state index is 12.5. The Morgan fingerprint density at radius 3 is 2.36 bits per heavy atom. The molecular weight excluding hydrogens is 203 g/mol. The summed E-state index contributed by atoms with van der Waals surface area (Å²) in [5.41, 5.74) is 0.591. The van der Waals surface area contributed by atoms with Gasteiger partial charge in [0, 0.05) is 0 Å². The average molecular weight is 214 g/mol. The van der Waals surface area contributed by atoms with Crippen molar-refractivity contribution in [2.45, 2.75) is 5.75 Å². The van der Waals surface area contributed by atoms with Gasteiger partial charge < -0.3 is 0 Å². The van der Waals surface area contributed by atoms with Crippen molar-refractivity contribution in [2.75, 3.05) is 5.75 Å². The van der Waals surface area contributed by atoms with Crippen LogP contribution in [0.4, 0.5) is 4.39 Å². The van der Waals surface area contributed by atoms with Gasteiger partial charge in [-0.1, -0.05) is 18.2 Å². The van der Waals surface area contributed by atoms with Crippen LogP contribution in [0.3, 0.4) is 0 Å². The zero-order chi connectivity index (χ0) is 10.6. The molecule has 1 aromatic carbocycles. The Kier molecular flexibility index (Phi) is 3.41. The van der Waals surface area contributed by atoms with Gasteiger partial charge >= 0.3 is 0 Å². The van der Waals surface area contributed by atoms with E-state index in [1.807, 2.05) is 0 Å². The van der Waals surface area contributed by atoms with Crippen molar-refractivity contribution >= 4 is 9.84 Å². The van der Waals surface area contributed by atoms with E-state index in [2.05, 4.69) is 6.58 Å². The minimum atomic E-state index is -3.14. The first kappa shape index (κ1) is 10.9. The van der Waals surface area contributed by atoms with E-state index < -0.39 is 9.84 Å². The number of rotatable bonds is 4. The van der Waals surface area contributed by atoms with Crippen molar-refractivity contribution in [3.63, 3.8) is 0 Å². The molecule has 1 rings (SSSR count). The molecule has 0 amide bonds. The molecule has 0 heterocycles. The van der Waals surface area contributed by atoms with Gasteiger partial charge in [-0.2, -0.15) is 0 Å². The summed E-state index contributed by atoms with van der Waals surface area (Å²) in [6, 6.07) is 5.43. The standard InChI is InChI=1S/C10H11FO2S/c1-2-7-14(12,13)8-9-3-5-10(11)6-4-9/h2-6H,1,7-8H2. The molecule has 1 aromatic rings. The first-order chi connectivity index (χ1) is 6.53. The largest absolute Gasteiger partial charge is 0.228 e. The van der Waals surface area contributed by atoms with Crippen LogP contribution in [0.2, 0.25) is 0 Å². The molecule has 0 radical (unpaired) electrons. The molecule has 0 N–H and O–H groups in total. The highest BCUT2D eigenvalue weighted by Gasteiger charge is 2.09. The lowest BCUT2D eigenvalue weighted by atomic mass is 10.2. The summed E-state index contributed by atoms with van der Waals surface area (Å²) in [4.78, 5) is 0. The van der Waals surface area contributed by atoms with Crippen LogP contribution in [0, 0.1) is 5.82 Å². The van der Waals surface area contributed by atoms with E-state index in [4.69, 9.17) is 0 Å². The number of benzene rings is 1. The number of sulfone groups is 1. The Morgan fingerprint density at radius 2 is 1.86 bits per heavy atom. The van der Waals surface area contributed by atoms with Gasteiger partial charge in [0.05, 0.1) is 11.5 Å². The van der Waals surface area contributed by atoms with Crippen molar-refractivity contribution in [1.82, 2.24) is 0 Å². The molecule has 0 spiro atoms. The SMILES string of the molecule is C=CCS(=O)(=O)Cc1ccc(F)cc1. The van der Waals surface area contributed by atoms with Gasteiger partial charge in [0.25, 0.3) is 0 Å². The summed E-state index contributed by atoms with van der Waals surface area (Å²) < 4.78 is 35.1. The first-order valence-electron chi connectivity index (χ1n) is 4.09. The molecule has 0 fully saturated rings. The van der Waals surface area contributed by atoms with Gasteiger partial charge in [0.15, 0.2) is 9.84 Å². The molecule has 0 aliphatic rings. The third-order valence-corrected chi connectivity index (χ3v) is 3.19. The lowest BCUT2D eigenvalue weighted by molar-refractivity contribution is 0.597. The summed E-state index contributed by atoms with van der Waals surface area (Å²) >= 11 is 0. The Balaban J connectivity index is 2.79. The molecule has 0 aromatic heterocycles. The zero-order valence-electron chi connectivity index (χ0n) is 7.61. The average Bonchev–Trinajstić information content (AvgIpc) is 2.08. The number of hydrogen-bond donors (Lipinski definition) is 0. The minimum absolute atomic E-state index is 0.0512. The topological polar surface area (TPSA) is 34.1 Å². The molecule has 0 saturated heterocycles. The molecule has 0 aliphatic heterocycles. The maximum absolute atomic E-state index is 12.5. The van der Waals surface area contributed by atoms with Crippen molar-refractivity contribution in [3.8, 4) is 0 Å². The molecule has 0 unspecified atom stereocenters. The van der Waals surface area contributed by atoms with Crippen LogP contribution in [0.25, 0.3) is 0 Å². The van der Waals surface area contributed by atoms with Crippen LogP contribution in [-0.2, 0) is 15.6 Å². The van der Waals surface area contributed by atoms with E-state index in [0.29, 0.717) is 5.56 Å². The van der Waals surface area contributed by atoms with Gasteiger partial charge in [-0.25, -0.2) is 12.8 Å². The third kappa shape index (κ3) is 3.30. The lowest BCUT2D eigenvalue weighted by Crippen LogP contribution is -2.07. The van der Waals surface area contributed by atoms with E-state index in [1.54, 1.807) is 0 Å². The highest BCUT2D eigenvalue weighted by Crippen LogP contribution is 2.08. The summed E-state index contributed by atoms with van der Waals surface area (Å²) in [6.07, 6.45) is 1.35. The molecule has 2 nitrogen and oxygen atoms in total. The third-order valence-electron chi connectivity index (χ3n) is 1.67. The lowest BCUT2D eigenvalue weighted by Gasteiger charge is -2.01. The van der Waals surface area contributed by atoms with Gasteiger partial charge in [-0.3, -0.25) is 0 Å². The predicted octanol–water partition coefficient (Wildman–Crippen LogP) is 1.93. The van der Waals surface area contributed by atoms with Gasteiger partial charge in [0.2, 0.25) is 0 Å². The van der Waals surface area contributed by atoms with Crippen molar-refractivity contribution in [3.05, 3.63) is 48.3 Å². The van der Waals surface area contributed by atoms with E-state index >= 15 is 0 Å². The molecule has 76 valence electrons. The van der Waals surface area contributed by atoms with Crippen molar-refractivity contribution in [1.29, 1.82) is 0 Å². The van der Waals surface area contributed by atoms with Crippen LogP contribution in [0.15, 0.2) is 36.9 Å². The molecule has 0 saturated carbocycles. The summed E-state index contributed by atoms with van der Waals surface area (Å²) in [7, 11) is -3.14. The molecule has 4 heteroatoms. The number of halogens is 1. The second-order valence-corrected chi connectivity index (χ2v) is 5.08. The Labute approximate surface area is 83.0 Å². The molecule has 0 atom stereocenters. The fourth-order valence-electron chi connectivity index (χ4n) is 1.07. The van der Waals surface area contributed by atoms with E-state index in [1.165, 1.54) is 30.3 Å². The molecule has 14 heavy (non-hydrogen) atoms. The van der Waals surface area contributed by atoms with Crippen LogP contribution >= 0.6 is 0 Å². The Bertz CT molecular complexity index is 406. The Hall–Kier alpha value is -1.16. The maximum Gasteiger partial charge on any atom is 0.157 e. The second-order valence-electron chi connectivity index (χ2n) is 2.97. The smallest absolute Gasteiger partial charge is 0.157 e. The van der Waals surface area contributed by atoms with Gasteiger partial charge in [-0.15, -0.1) is 6.58 Å². The van der Waals surface area contributed by atoms with Crippen LogP contribution in [0.1, 0.15) is 5.56 Å². The summed E-state index contributed by atoms with van der Waals surface area (Å²) in [5.74, 6) is -0.487. The van der Waals surface area contributed by atoms with Gasteiger partial charge in [-0.05, 0) is 17.7 Å². The summed E-state index contributed by atoms with van der Waals surface area (Å²) in [6.45, 7) is 3.36. The number of hydrogen-bond acceptors (Lipinski definition) is 2. The zero-order valence-corrected chi connectivity index (χ0v) is 8.43. The fraction of sp³-hybridized carbons (Fsp3) is 0.200. The fourth-order valence-corrected chi connectivity index (χ4v) is 2.25. The van der Waals surface area contributed by atoms with Crippen LogP contribution < -0.4 is 0 Å². The molecule has 0 bridgehead atoms. The van der Waals surface area contributed by atoms with Crippen LogP contribution in [0.5, 0.6) is 0 Å². The molecule has 0 aliphatic carbocycles.